The molecule has 0 saturated carbocycles. The van der Waals surface area contributed by atoms with E-state index in [1.54, 1.807) is 26.0 Å². The second-order valence-corrected chi connectivity index (χ2v) is 4.85. The molecule has 0 amide bonds. The molecule has 0 saturated heterocycles. The molecule has 0 radical (unpaired) electrons. The summed E-state index contributed by atoms with van der Waals surface area (Å²) in [5, 5.41) is 10.8. The zero-order chi connectivity index (χ0) is 13.7. The van der Waals surface area contributed by atoms with Crippen LogP contribution in [0, 0.1) is 17.0 Å². The monoisotopic (exact) mass is 315 g/mol. The number of esters is 1. The molecule has 1 aromatic rings. The van der Waals surface area contributed by atoms with Crippen molar-refractivity contribution in [2.24, 2.45) is 0 Å². The van der Waals surface area contributed by atoms with Gasteiger partial charge in [-0.05, 0) is 25.8 Å². The van der Waals surface area contributed by atoms with Crippen LogP contribution in [0.3, 0.4) is 0 Å². The van der Waals surface area contributed by atoms with Gasteiger partial charge in [0.2, 0.25) is 0 Å². The van der Waals surface area contributed by atoms with Crippen LogP contribution in [0.15, 0.2) is 18.2 Å². The van der Waals surface area contributed by atoms with E-state index in [0.717, 1.165) is 5.56 Å². The van der Waals surface area contributed by atoms with Crippen LogP contribution in [0.5, 0.6) is 0 Å². The van der Waals surface area contributed by atoms with Gasteiger partial charge < -0.3 is 4.74 Å². The average Bonchev–Trinajstić information content (AvgIpc) is 2.31. The molecular formula is C12H14BrNO4. The summed E-state index contributed by atoms with van der Waals surface area (Å²) in [5.74, 6) is -0.358. The van der Waals surface area contributed by atoms with Crippen LogP contribution in [0.4, 0.5) is 5.69 Å². The molecule has 0 N–H and O–H groups in total. The maximum atomic E-state index is 11.5. The molecule has 98 valence electrons. The lowest BCUT2D eigenvalue weighted by Gasteiger charge is -2.11. The van der Waals surface area contributed by atoms with Crippen LogP contribution in [0.1, 0.15) is 18.1 Å². The summed E-state index contributed by atoms with van der Waals surface area (Å²) in [7, 11) is 0. The van der Waals surface area contributed by atoms with Crippen LogP contribution in [0.25, 0.3) is 0 Å². The van der Waals surface area contributed by atoms with Crippen molar-refractivity contribution in [1.29, 1.82) is 0 Å². The van der Waals surface area contributed by atoms with Gasteiger partial charge in [0.15, 0.2) is 0 Å². The maximum absolute atomic E-state index is 11.5. The molecule has 0 bridgehead atoms. The largest absolute Gasteiger partial charge is 0.465 e. The Kier molecular flexibility index (Phi) is 5.27. The minimum atomic E-state index is -0.488. The molecule has 0 fully saturated rings. The molecule has 5 nitrogen and oxygen atoms in total. The molecule has 1 rings (SSSR count). The number of nitrogens with zero attached hydrogens (tertiary/aromatic N) is 1. The van der Waals surface area contributed by atoms with Crippen molar-refractivity contribution in [3.8, 4) is 0 Å². The van der Waals surface area contributed by atoms with E-state index in [0.29, 0.717) is 18.6 Å². The van der Waals surface area contributed by atoms with Crippen LogP contribution in [-0.4, -0.2) is 22.3 Å². The molecule has 0 aliphatic heterocycles. The highest BCUT2D eigenvalue weighted by Crippen LogP contribution is 2.23. The fourth-order valence-electron chi connectivity index (χ4n) is 1.60. The van der Waals surface area contributed by atoms with Crippen LogP contribution in [-0.2, 0) is 16.0 Å². The lowest BCUT2D eigenvalue weighted by atomic mass is 10.0. The first-order valence-corrected chi connectivity index (χ1v) is 6.42. The molecule has 1 unspecified atom stereocenters. The highest BCUT2D eigenvalue weighted by molar-refractivity contribution is 9.10. The summed E-state index contributed by atoms with van der Waals surface area (Å²) in [5.41, 5.74) is 1.41. The van der Waals surface area contributed by atoms with Gasteiger partial charge in [0.1, 0.15) is 4.83 Å². The van der Waals surface area contributed by atoms with Gasteiger partial charge in [-0.15, -0.1) is 0 Å². The fourth-order valence-corrected chi connectivity index (χ4v) is 2.08. The Hall–Kier alpha value is -1.43. The van der Waals surface area contributed by atoms with Gasteiger partial charge in [0.05, 0.1) is 11.5 Å². The minimum absolute atomic E-state index is 0.0658. The fraction of sp³-hybridized carbons (Fsp3) is 0.417. The van der Waals surface area contributed by atoms with Crippen molar-refractivity contribution in [1.82, 2.24) is 0 Å². The minimum Gasteiger partial charge on any atom is -0.465 e. The topological polar surface area (TPSA) is 69.4 Å². The van der Waals surface area contributed by atoms with E-state index in [-0.39, 0.29) is 11.7 Å². The molecule has 0 aliphatic rings. The summed E-state index contributed by atoms with van der Waals surface area (Å²) in [6.45, 7) is 3.73. The van der Waals surface area contributed by atoms with E-state index in [2.05, 4.69) is 15.9 Å². The molecule has 1 aromatic carbocycles. The van der Waals surface area contributed by atoms with Gasteiger partial charge in [-0.2, -0.15) is 0 Å². The van der Waals surface area contributed by atoms with Crippen molar-refractivity contribution in [3.63, 3.8) is 0 Å². The first-order chi connectivity index (χ1) is 8.47. The van der Waals surface area contributed by atoms with Gasteiger partial charge in [-0.1, -0.05) is 28.1 Å². The van der Waals surface area contributed by atoms with E-state index < -0.39 is 9.75 Å². The number of nitro groups is 1. The standard InChI is InChI=1S/C12H14BrNO4/c1-3-18-12(15)10(13)7-9-5-4-6-11(8(9)2)14(16)17/h4-6,10H,3,7H2,1-2H3. The summed E-state index contributed by atoms with van der Waals surface area (Å²) >= 11 is 3.23. The zero-order valence-corrected chi connectivity index (χ0v) is 11.8. The number of carbonyl (C=O) groups is 1. The predicted octanol–water partition coefficient (Wildman–Crippen LogP) is 2.77. The number of halogens is 1. The molecule has 0 spiro atoms. The summed E-state index contributed by atoms with van der Waals surface area (Å²) < 4.78 is 4.87. The Morgan fingerprint density at radius 2 is 2.22 bits per heavy atom. The van der Waals surface area contributed by atoms with Gasteiger partial charge in [-0.25, -0.2) is 0 Å². The Labute approximate surface area is 113 Å². The Morgan fingerprint density at radius 1 is 1.56 bits per heavy atom. The average molecular weight is 316 g/mol. The summed E-state index contributed by atoms with van der Waals surface area (Å²) in [6, 6.07) is 4.84. The summed E-state index contributed by atoms with van der Waals surface area (Å²) in [4.78, 5) is 21.4. The third kappa shape index (κ3) is 3.53. The Bertz CT molecular complexity index is 461. The SMILES string of the molecule is CCOC(=O)C(Br)Cc1cccc([N+](=O)[O-])c1C. The molecule has 18 heavy (non-hydrogen) atoms. The number of carbonyl (C=O) groups excluding carboxylic acids is 1. The van der Waals surface area contributed by atoms with E-state index in [1.807, 2.05) is 0 Å². The molecule has 1 atom stereocenters. The molecule has 6 heteroatoms. The second kappa shape index (κ2) is 6.49. The molecule has 0 heterocycles. The van der Waals surface area contributed by atoms with Crippen molar-refractivity contribution in [2.75, 3.05) is 6.61 Å². The Morgan fingerprint density at radius 3 is 2.78 bits per heavy atom. The van der Waals surface area contributed by atoms with Gasteiger partial charge in [0, 0.05) is 11.6 Å². The number of benzene rings is 1. The van der Waals surface area contributed by atoms with Crippen molar-refractivity contribution in [3.05, 3.63) is 39.4 Å². The van der Waals surface area contributed by atoms with Gasteiger partial charge in [-0.3, -0.25) is 14.9 Å². The number of nitro benzene ring substituents is 1. The molecular weight excluding hydrogens is 302 g/mol. The highest BCUT2D eigenvalue weighted by Gasteiger charge is 2.20. The number of hydrogen-bond acceptors (Lipinski definition) is 4. The van der Waals surface area contributed by atoms with Gasteiger partial charge in [0.25, 0.3) is 5.69 Å². The lowest BCUT2D eigenvalue weighted by Crippen LogP contribution is -2.20. The van der Waals surface area contributed by atoms with Gasteiger partial charge >= 0.3 is 5.97 Å². The normalized spacial score (nSPS) is 11.9. The molecule has 0 aliphatic carbocycles. The summed E-state index contributed by atoms with van der Waals surface area (Å²) in [6.07, 6.45) is 0.367. The molecule has 0 aromatic heterocycles. The van der Waals surface area contributed by atoms with Crippen LogP contribution >= 0.6 is 15.9 Å². The van der Waals surface area contributed by atoms with E-state index in [9.17, 15) is 14.9 Å². The highest BCUT2D eigenvalue weighted by atomic mass is 79.9. The Balaban J connectivity index is 2.88. The number of hydrogen-bond donors (Lipinski definition) is 0. The van der Waals surface area contributed by atoms with Crippen molar-refractivity contribution >= 4 is 27.6 Å². The number of alkyl halides is 1. The number of rotatable bonds is 5. The quantitative estimate of drug-likeness (QED) is 0.362. The third-order valence-electron chi connectivity index (χ3n) is 2.56. The maximum Gasteiger partial charge on any atom is 0.320 e. The van der Waals surface area contributed by atoms with E-state index >= 15 is 0 Å². The van der Waals surface area contributed by atoms with Crippen LogP contribution in [0.2, 0.25) is 0 Å². The predicted molar refractivity (Wildman–Crippen MR) is 70.9 cm³/mol. The first kappa shape index (κ1) is 14.6. The third-order valence-corrected chi connectivity index (χ3v) is 3.25. The van der Waals surface area contributed by atoms with E-state index in [4.69, 9.17) is 4.74 Å². The number of ether oxygens (including phenoxy) is 1. The first-order valence-electron chi connectivity index (χ1n) is 5.51. The van der Waals surface area contributed by atoms with Crippen LogP contribution < -0.4 is 0 Å². The smallest absolute Gasteiger partial charge is 0.320 e. The zero-order valence-electron chi connectivity index (χ0n) is 10.2. The van der Waals surface area contributed by atoms with Crippen molar-refractivity contribution < 1.29 is 14.5 Å². The van der Waals surface area contributed by atoms with E-state index in [1.165, 1.54) is 6.07 Å². The second-order valence-electron chi connectivity index (χ2n) is 3.74. The lowest BCUT2D eigenvalue weighted by molar-refractivity contribution is -0.385. The van der Waals surface area contributed by atoms with Crippen molar-refractivity contribution in [2.45, 2.75) is 25.1 Å².